The van der Waals surface area contributed by atoms with Gasteiger partial charge in [0.1, 0.15) is 10.8 Å². The number of hydrogen-bond donors (Lipinski definition) is 0. The van der Waals surface area contributed by atoms with Crippen LogP contribution in [0.5, 0.6) is 0 Å². The molecule has 0 saturated heterocycles. The highest BCUT2D eigenvalue weighted by molar-refractivity contribution is 7.22. The second-order valence-electron chi connectivity index (χ2n) is 14.5. The van der Waals surface area contributed by atoms with Crippen molar-refractivity contribution in [3.05, 3.63) is 188 Å². The first kappa shape index (κ1) is 33.3. The van der Waals surface area contributed by atoms with E-state index in [2.05, 4.69) is 130 Å². The molecule has 0 spiro atoms. The molecule has 12 aromatic rings. The van der Waals surface area contributed by atoms with Gasteiger partial charge < -0.3 is 0 Å². The fraction of sp³-hybridized carbons (Fsp3) is 0. The number of para-hydroxylation sites is 2. The van der Waals surface area contributed by atoms with Crippen LogP contribution in [-0.4, -0.2) is 34.1 Å². The van der Waals surface area contributed by atoms with Gasteiger partial charge >= 0.3 is 0 Å². The number of benzene rings is 7. The third-order valence-electron chi connectivity index (χ3n) is 11.0. The second kappa shape index (κ2) is 13.4. The average Bonchev–Trinajstić information content (AvgIpc) is 4.00. The summed E-state index contributed by atoms with van der Waals surface area (Å²) in [4.78, 5) is 26.0. The van der Waals surface area contributed by atoms with Gasteiger partial charge in [0.15, 0.2) is 11.6 Å². The highest BCUT2D eigenvalue weighted by Crippen LogP contribution is 2.42. The number of pyridine rings is 1. The number of nitrogens with zero attached hydrogens (tertiary/aromatic N) is 7. The zero-order chi connectivity index (χ0) is 38.9. The monoisotopic (exact) mass is 773 g/mol. The van der Waals surface area contributed by atoms with E-state index in [1.165, 1.54) is 0 Å². The number of hydrogen-bond acceptors (Lipinski definition) is 6. The lowest BCUT2D eigenvalue weighted by Crippen LogP contribution is -2.07. The van der Waals surface area contributed by atoms with Gasteiger partial charge in [0.05, 0.1) is 38.0 Å². The Balaban J connectivity index is 1.15. The van der Waals surface area contributed by atoms with E-state index in [0.717, 1.165) is 92.6 Å². The van der Waals surface area contributed by atoms with Crippen LogP contribution in [0.2, 0.25) is 0 Å². The molecule has 59 heavy (non-hydrogen) atoms. The number of fused-ring (bicyclic) bond motifs is 8. The standard InChI is InChI=1S/C51H31N7S/c1-4-16-32(17-5-1)48-54-49(33-18-6-2-7-19-33)56-51(55-48)58-43-28-13-11-23-36(43)38-31-30-37-35-22-10-12-27-42(35)57(45(37)46(38)58)44-29-15-25-40(52-44)39-24-14-26-41-47(39)59-50(53-41)34-20-8-3-9-21-34/h1-31H. The van der Waals surface area contributed by atoms with Crippen LogP contribution in [0.3, 0.4) is 0 Å². The molecule has 7 nitrogen and oxygen atoms in total. The Kier molecular flexibility index (Phi) is 7.57. The van der Waals surface area contributed by atoms with Crippen molar-refractivity contribution in [1.29, 1.82) is 0 Å². The highest BCUT2D eigenvalue weighted by Gasteiger charge is 2.24. The van der Waals surface area contributed by atoms with E-state index in [0.29, 0.717) is 17.6 Å². The van der Waals surface area contributed by atoms with Gasteiger partial charge in [0.2, 0.25) is 5.95 Å². The van der Waals surface area contributed by atoms with Crippen molar-refractivity contribution in [2.75, 3.05) is 0 Å². The van der Waals surface area contributed by atoms with E-state index in [9.17, 15) is 0 Å². The summed E-state index contributed by atoms with van der Waals surface area (Å²) in [5.41, 5.74) is 9.92. The van der Waals surface area contributed by atoms with Crippen molar-refractivity contribution in [3.63, 3.8) is 0 Å². The Morgan fingerprint density at radius 1 is 0.373 bits per heavy atom. The summed E-state index contributed by atoms with van der Waals surface area (Å²) in [5.74, 6) is 2.57. The molecule has 0 bridgehead atoms. The lowest BCUT2D eigenvalue weighted by molar-refractivity contribution is 0.952. The molecular weight excluding hydrogens is 743 g/mol. The predicted molar refractivity (Wildman–Crippen MR) is 241 cm³/mol. The Morgan fingerprint density at radius 2 is 0.915 bits per heavy atom. The Bertz CT molecular complexity index is 3500. The quantitative estimate of drug-likeness (QED) is 0.168. The SMILES string of the molecule is c1ccc(-c2nc(-c3ccccc3)nc(-n3c4ccccc4c4ccc5c6ccccc6n(-c6cccc(-c7cccc8nc(-c9ccccc9)sc78)n6)c5c43)n2)cc1. The van der Waals surface area contributed by atoms with E-state index in [4.69, 9.17) is 24.9 Å². The van der Waals surface area contributed by atoms with Crippen molar-refractivity contribution in [3.8, 4) is 56.4 Å². The van der Waals surface area contributed by atoms with Crippen molar-refractivity contribution < 1.29 is 0 Å². The smallest absolute Gasteiger partial charge is 0.238 e. The molecule has 0 unspecified atom stereocenters. The van der Waals surface area contributed by atoms with Crippen LogP contribution >= 0.6 is 11.3 Å². The molecule has 0 aliphatic heterocycles. The van der Waals surface area contributed by atoms with Gasteiger partial charge in [-0.3, -0.25) is 9.13 Å². The molecule has 0 saturated carbocycles. The fourth-order valence-electron chi connectivity index (χ4n) is 8.40. The molecule has 0 N–H and O–H groups in total. The number of aromatic nitrogens is 7. The molecule has 12 rings (SSSR count). The second-order valence-corrected chi connectivity index (χ2v) is 15.5. The van der Waals surface area contributed by atoms with Crippen molar-refractivity contribution in [1.82, 2.24) is 34.1 Å². The summed E-state index contributed by atoms with van der Waals surface area (Å²) in [6.45, 7) is 0. The molecule has 5 heterocycles. The first-order valence-electron chi connectivity index (χ1n) is 19.5. The molecule has 0 atom stereocenters. The summed E-state index contributed by atoms with van der Waals surface area (Å²) in [7, 11) is 0. The minimum absolute atomic E-state index is 0.543. The van der Waals surface area contributed by atoms with E-state index < -0.39 is 0 Å². The molecule has 8 heteroatoms. The zero-order valence-corrected chi connectivity index (χ0v) is 32.3. The molecule has 0 aliphatic carbocycles. The van der Waals surface area contributed by atoms with Crippen LogP contribution < -0.4 is 0 Å². The van der Waals surface area contributed by atoms with E-state index in [1.807, 2.05) is 66.7 Å². The molecule has 5 aromatic heterocycles. The topological polar surface area (TPSA) is 74.3 Å². The molecule has 276 valence electrons. The molecule has 7 aromatic carbocycles. The number of thiazole rings is 1. The van der Waals surface area contributed by atoms with Gasteiger partial charge in [-0.15, -0.1) is 11.3 Å². The molecule has 0 fully saturated rings. The number of rotatable bonds is 6. The van der Waals surface area contributed by atoms with Crippen LogP contribution in [0.4, 0.5) is 0 Å². The van der Waals surface area contributed by atoms with Crippen LogP contribution in [0.1, 0.15) is 0 Å². The Hall–Kier alpha value is -7.81. The van der Waals surface area contributed by atoms with Crippen LogP contribution in [0.25, 0.3) is 110 Å². The highest BCUT2D eigenvalue weighted by atomic mass is 32.1. The summed E-state index contributed by atoms with van der Waals surface area (Å²) in [5, 5.41) is 5.44. The minimum atomic E-state index is 0.543. The first-order chi connectivity index (χ1) is 29.3. The summed E-state index contributed by atoms with van der Waals surface area (Å²) in [6, 6.07) is 64.8. The first-order valence-corrected chi connectivity index (χ1v) is 20.3. The van der Waals surface area contributed by atoms with Gasteiger partial charge in [-0.05, 0) is 30.3 Å². The van der Waals surface area contributed by atoms with Crippen molar-refractivity contribution in [2.24, 2.45) is 0 Å². The Labute approximate surface area is 342 Å². The molecular formula is C51H31N7S. The van der Waals surface area contributed by atoms with E-state index in [-0.39, 0.29) is 0 Å². The van der Waals surface area contributed by atoms with Gasteiger partial charge in [0.25, 0.3) is 0 Å². The minimum Gasteiger partial charge on any atom is -0.292 e. The van der Waals surface area contributed by atoms with Gasteiger partial charge in [-0.25, -0.2) is 15.0 Å². The van der Waals surface area contributed by atoms with E-state index >= 15 is 0 Å². The van der Waals surface area contributed by atoms with E-state index in [1.54, 1.807) is 11.3 Å². The van der Waals surface area contributed by atoms with Gasteiger partial charge in [-0.1, -0.05) is 158 Å². The largest absolute Gasteiger partial charge is 0.292 e. The summed E-state index contributed by atoms with van der Waals surface area (Å²) >= 11 is 1.70. The van der Waals surface area contributed by atoms with Crippen molar-refractivity contribution in [2.45, 2.75) is 0 Å². The van der Waals surface area contributed by atoms with Gasteiger partial charge in [0, 0.05) is 43.8 Å². The average molecular weight is 774 g/mol. The zero-order valence-electron chi connectivity index (χ0n) is 31.4. The normalized spacial score (nSPS) is 11.7. The lowest BCUT2D eigenvalue weighted by Gasteiger charge is -2.13. The Morgan fingerprint density at radius 3 is 1.56 bits per heavy atom. The maximum Gasteiger partial charge on any atom is 0.238 e. The van der Waals surface area contributed by atoms with Crippen LogP contribution in [0.15, 0.2) is 188 Å². The maximum atomic E-state index is 5.48. The lowest BCUT2D eigenvalue weighted by atomic mass is 10.1. The molecule has 0 radical (unpaired) electrons. The van der Waals surface area contributed by atoms with Crippen molar-refractivity contribution >= 4 is 65.2 Å². The summed E-state index contributed by atoms with van der Waals surface area (Å²) < 4.78 is 5.64. The molecule has 0 amide bonds. The van der Waals surface area contributed by atoms with Gasteiger partial charge in [-0.2, -0.15) is 9.97 Å². The summed E-state index contributed by atoms with van der Waals surface area (Å²) in [6.07, 6.45) is 0. The third-order valence-corrected chi connectivity index (χ3v) is 12.2. The van der Waals surface area contributed by atoms with Crippen LogP contribution in [0, 0.1) is 0 Å². The third kappa shape index (κ3) is 5.38. The maximum absolute atomic E-state index is 5.48. The van der Waals surface area contributed by atoms with Crippen LogP contribution in [-0.2, 0) is 0 Å². The fourth-order valence-corrected chi connectivity index (χ4v) is 9.49. The predicted octanol–water partition coefficient (Wildman–Crippen LogP) is 12.7. The molecule has 0 aliphatic rings.